The van der Waals surface area contributed by atoms with Crippen LogP contribution in [0.25, 0.3) is 0 Å². The van der Waals surface area contributed by atoms with E-state index in [1.807, 2.05) is 0 Å². The van der Waals surface area contributed by atoms with Crippen molar-refractivity contribution in [3.8, 4) is 0 Å². The fourth-order valence-corrected chi connectivity index (χ4v) is 1.54. The zero-order valence-corrected chi connectivity index (χ0v) is 9.97. The molecule has 0 spiro atoms. The van der Waals surface area contributed by atoms with E-state index in [4.69, 9.17) is 12.2 Å². The Morgan fingerprint density at radius 3 is 2.67 bits per heavy atom. The highest BCUT2D eigenvalue weighted by molar-refractivity contribution is 7.80. The van der Waals surface area contributed by atoms with Crippen LogP contribution in [0.3, 0.4) is 0 Å². The molecule has 92 valence electrons. The third-order valence-electron chi connectivity index (χ3n) is 2.10. The first-order chi connectivity index (χ1) is 8.65. The molecule has 0 bridgehead atoms. The van der Waals surface area contributed by atoms with Gasteiger partial charge in [-0.3, -0.25) is 4.98 Å². The molecule has 0 radical (unpaired) electrons. The first-order valence-electron chi connectivity index (χ1n) is 5.08. The number of nitrogens with one attached hydrogen (secondary N) is 2. The smallest absolute Gasteiger partial charge is 0.175 e. The molecule has 0 aliphatic carbocycles. The van der Waals surface area contributed by atoms with Crippen molar-refractivity contribution in [2.24, 2.45) is 0 Å². The van der Waals surface area contributed by atoms with Gasteiger partial charge in [-0.2, -0.15) is 0 Å². The second-order valence-electron chi connectivity index (χ2n) is 3.44. The molecule has 1 aromatic heterocycles. The molecule has 3 nitrogen and oxygen atoms in total. The Morgan fingerprint density at radius 1 is 1.17 bits per heavy atom. The Morgan fingerprint density at radius 2 is 2.00 bits per heavy atom. The fraction of sp³-hybridized carbons (Fsp3) is 0. The van der Waals surface area contributed by atoms with Gasteiger partial charge in [0.25, 0.3) is 0 Å². The van der Waals surface area contributed by atoms with Gasteiger partial charge in [0.15, 0.2) is 5.11 Å². The largest absolute Gasteiger partial charge is 0.331 e. The highest BCUT2D eigenvalue weighted by atomic mass is 32.1. The molecule has 1 aromatic carbocycles. The van der Waals surface area contributed by atoms with E-state index < -0.39 is 11.6 Å². The normalized spacial score (nSPS) is 9.89. The van der Waals surface area contributed by atoms with Gasteiger partial charge in [0, 0.05) is 12.3 Å². The number of rotatable bonds is 2. The monoisotopic (exact) mass is 265 g/mol. The maximum Gasteiger partial charge on any atom is 0.175 e. The predicted molar refractivity (Wildman–Crippen MR) is 70.4 cm³/mol. The van der Waals surface area contributed by atoms with Crippen molar-refractivity contribution in [1.29, 1.82) is 0 Å². The zero-order valence-electron chi connectivity index (χ0n) is 9.15. The molecular formula is C12H9F2N3S. The van der Waals surface area contributed by atoms with Crippen LogP contribution in [0.4, 0.5) is 20.2 Å². The molecule has 0 amide bonds. The number of pyridine rings is 1. The van der Waals surface area contributed by atoms with Crippen LogP contribution in [0.2, 0.25) is 0 Å². The third-order valence-corrected chi connectivity index (χ3v) is 2.30. The van der Waals surface area contributed by atoms with Gasteiger partial charge in [0.1, 0.15) is 11.6 Å². The lowest BCUT2D eigenvalue weighted by molar-refractivity contribution is 0.586. The molecule has 0 atom stereocenters. The summed E-state index contributed by atoms with van der Waals surface area (Å²) in [4.78, 5) is 3.90. The Hall–Kier alpha value is -2.08. The van der Waals surface area contributed by atoms with Gasteiger partial charge in [0.05, 0.1) is 17.6 Å². The third kappa shape index (κ3) is 3.21. The molecule has 0 fully saturated rings. The Bertz CT molecular complexity index is 561. The second kappa shape index (κ2) is 5.50. The highest BCUT2D eigenvalue weighted by Crippen LogP contribution is 2.15. The fourth-order valence-electron chi connectivity index (χ4n) is 1.31. The summed E-state index contributed by atoms with van der Waals surface area (Å²) in [5.41, 5.74) is 0.787. The molecule has 0 saturated heterocycles. The average molecular weight is 265 g/mol. The number of halogens is 2. The van der Waals surface area contributed by atoms with E-state index in [0.717, 1.165) is 12.1 Å². The molecule has 2 aromatic rings. The zero-order chi connectivity index (χ0) is 13.0. The lowest BCUT2D eigenvalue weighted by atomic mass is 10.3. The predicted octanol–water partition coefficient (Wildman–Crippen LogP) is 3.17. The maximum absolute atomic E-state index is 13.3. The van der Waals surface area contributed by atoms with E-state index in [-0.39, 0.29) is 10.8 Å². The Kier molecular flexibility index (Phi) is 3.78. The summed E-state index contributed by atoms with van der Waals surface area (Å²) in [6, 6.07) is 6.72. The van der Waals surface area contributed by atoms with Gasteiger partial charge < -0.3 is 10.6 Å². The summed E-state index contributed by atoms with van der Waals surface area (Å²) in [5, 5.41) is 5.67. The van der Waals surface area contributed by atoms with Crippen LogP contribution in [0.1, 0.15) is 0 Å². The quantitative estimate of drug-likeness (QED) is 0.818. The Balaban J connectivity index is 2.03. The Labute approximate surface area is 108 Å². The second-order valence-corrected chi connectivity index (χ2v) is 3.85. The van der Waals surface area contributed by atoms with Gasteiger partial charge in [0.2, 0.25) is 0 Å². The van der Waals surface area contributed by atoms with E-state index >= 15 is 0 Å². The molecule has 1 heterocycles. The van der Waals surface area contributed by atoms with Crippen molar-refractivity contribution in [1.82, 2.24) is 4.98 Å². The van der Waals surface area contributed by atoms with Crippen LogP contribution in [0.15, 0.2) is 42.7 Å². The van der Waals surface area contributed by atoms with E-state index in [1.54, 1.807) is 24.5 Å². The number of aromatic nitrogens is 1. The summed E-state index contributed by atoms with van der Waals surface area (Å²) in [7, 11) is 0. The van der Waals surface area contributed by atoms with Crippen LogP contribution in [-0.4, -0.2) is 10.1 Å². The molecule has 18 heavy (non-hydrogen) atoms. The molecule has 0 unspecified atom stereocenters. The van der Waals surface area contributed by atoms with Crippen LogP contribution in [0, 0.1) is 11.6 Å². The summed E-state index contributed by atoms with van der Waals surface area (Å²) in [5.74, 6) is -1.34. The SMILES string of the molecule is Fc1ccc(NC(=S)Nc2cccnc2)c(F)c1. The highest BCUT2D eigenvalue weighted by Gasteiger charge is 2.05. The van der Waals surface area contributed by atoms with Crippen molar-refractivity contribution >= 4 is 28.7 Å². The molecule has 6 heteroatoms. The van der Waals surface area contributed by atoms with Crippen LogP contribution in [-0.2, 0) is 0 Å². The van der Waals surface area contributed by atoms with E-state index in [9.17, 15) is 8.78 Å². The molecule has 0 aliphatic rings. The van der Waals surface area contributed by atoms with Crippen molar-refractivity contribution in [3.05, 3.63) is 54.4 Å². The summed E-state index contributed by atoms with van der Waals surface area (Å²) in [6.45, 7) is 0. The lowest BCUT2D eigenvalue weighted by Crippen LogP contribution is -2.19. The lowest BCUT2D eigenvalue weighted by Gasteiger charge is -2.10. The molecule has 0 saturated carbocycles. The number of thiocarbonyl (C=S) groups is 1. The van der Waals surface area contributed by atoms with E-state index in [2.05, 4.69) is 15.6 Å². The van der Waals surface area contributed by atoms with Crippen LogP contribution >= 0.6 is 12.2 Å². The summed E-state index contributed by atoms with van der Waals surface area (Å²) < 4.78 is 26.1. The minimum Gasteiger partial charge on any atom is -0.331 e. The van der Waals surface area contributed by atoms with Crippen molar-refractivity contribution in [2.45, 2.75) is 0 Å². The van der Waals surface area contributed by atoms with Gasteiger partial charge in [-0.15, -0.1) is 0 Å². The minimum absolute atomic E-state index is 0.109. The standard InChI is InChI=1S/C12H9F2N3S/c13-8-3-4-11(10(14)6-8)17-12(18)16-9-2-1-5-15-7-9/h1-7H,(H2,16,17,18). The molecular weight excluding hydrogens is 256 g/mol. The average Bonchev–Trinajstić information content (AvgIpc) is 2.34. The van der Waals surface area contributed by atoms with Gasteiger partial charge in [-0.25, -0.2) is 8.78 Å². The molecule has 2 rings (SSSR count). The number of nitrogens with zero attached hydrogens (tertiary/aromatic N) is 1. The number of anilines is 2. The van der Waals surface area contributed by atoms with Crippen LogP contribution < -0.4 is 10.6 Å². The number of benzene rings is 1. The maximum atomic E-state index is 13.3. The molecule has 0 aliphatic heterocycles. The van der Waals surface area contributed by atoms with Gasteiger partial charge in [-0.1, -0.05) is 0 Å². The first kappa shape index (κ1) is 12.4. The summed E-state index contributed by atoms with van der Waals surface area (Å²) in [6.07, 6.45) is 3.20. The topological polar surface area (TPSA) is 37.0 Å². The molecule has 2 N–H and O–H groups in total. The van der Waals surface area contributed by atoms with E-state index in [1.165, 1.54) is 6.07 Å². The van der Waals surface area contributed by atoms with Crippen LogP contribution in [0.5, 0.6) is 0 Å². The summed E-state index contributed by atoms with van der Waals surface area (Å²) >= 11 is 5.00. The van der Waals surface area contributed by atoms with Crippen molar-refractivity contribution < 1.29 is 8.78 Å². The number of hydrogen-bond donors (Lipinski definition) is 2. The van der Waals surface area contributed by atoms with E-state index in [0.29, 0.717) is 5.69 Å². The van der Waals surface area contributed by atoms with Crippen molar-refractivity contribution in [2.75, 3.05) is 10.6 Å². The van der Waals surface area contributed by atoms with Crippen molar-refractivity contribution in [3.63, 3.8) is 0 Å². The van der Waals surface area contributed by atoms with Gasteiger partial charge >= 0.3 is 0 Å². The minimum atomic E-state index is -0.703. The first-order valence-corrected chi connectivity index (χ1v) is 5.49. The van der Waals surface area contributed by atoms with Gasteiger partial charge in [-0.05, 0) is 36.5 Å². The number of hydrogen-bond acceptors (Lipinski definition) is 2.